The van der Waals surface area contributed by atoms with E-state index >= 15 is 0 Å². The summed E-state index contributed by atoms with van der Waals surface area (Å²) in [5, 5.41) is 12.8. The molecule has 5 nitrogen and oxygen atoms in total. The minimum absolute atomic E-state index is 0.169. The van der Waals surface area contributed by atoms with Crippen LogP contribution < -0.4 is 14.8 Å². The van der Waals surface area contributed by atoms with Crippen molar-refractivity contribution in [3.05, 3.63) is 58.1 Å². The maximum absolute atomic E-state index is 12.1. The fourth-order valence-corrected chi connectivity index (χ4v) is 2.75. The van der Waals surface area contributed by atoms with Crippen molar-refractivity contribution < 1.29 is 19.4 Å². The largest absolute Gasteiger partial charge is 0.493 e. The molecule has 2 N–H and O–H groups in total. The van der Waals surface area contributed by atoms with Crippen molar-refractivity contribution in [1.82, 2.24) is 5.32 Å². The number of nitrogens with one attached hydrogen (secondary N) is 1. The first-order valence-corrected chi connectivity index (χ1v) is 9.26. The molecular weight excluding hydrogens is 410 g/mol. The number of carbonyl (C=O) groups is 1. The molecule has 0 radical (unpaired) electrons. The molecule has 0 heterocycles. The first kappa shape index (κ1) is 20.8. The SMILES string of the molecule is C#CCOc1ccc(CCNC(=O)[C@@H](O)Cc2ccc(Br)cc2)cc1OC. The second-order valence-corrected chi connectivity index (χ2v) is 6.78. The Morgan fingerprint density at radius 2 is 1.93 bits per heavy atom. The van der Waals surface area contributed by atoms with Gasteiger partial charge in [0.15, 0.2) is 11.5 Å². The predicted molar refractivity (Wildman–Crippen MR) is 108 cm³/mol. The zero-order valence-corrected chi connectivity index (χ0v) is 16.7. The van der Waals surface area contributed by atoms with Crippen LogP contribution in [0.15, 0.2) is 46.9 Å². The van der Waals surface area contributed by atoms with Crippen LogP contribution in [-0.4, -0.2) is 37.4 Å². The molecule has 0 aliphatic rings. The monoisotopic (exact) mass is 431 g/mol. The second kappa shape index (κ2) is 10.6. The van der Waals surface area contributed by atoms with Gasteiger partial charge in [0.2, 0.25) is 5.91 Å². The number of aliphatic hydroxyl groups is 1. The molecule has 0 saturated carbocycles. The maximum atomic E-state index is 12.1. The molecule has 1 amide bonds. The topological polar surface area (TPSA) is 67.8 Å². The van der Waals surface area contributed by atoms with Crippen LogP contribution in [0.5, 0.6) is 11.5 Å². The highest BCUT2D eigenvalue weighted by Gasteiger charge is 2.15. The van der Waals surface area contributed by atoms with E-state index in [0.717, 1.165) is 15.6 Å². The number of hydrogen-bond donors (Lipinski definition) is 2. The van der Waals surface area contributed by atoms with Gasteiger partial charge in [0, 0.05) is 17.4 Å². The summed E-state index contributed by atoms with van der Waals surface area (Å²) in [7, 11) is 1.56. The van der Waals surface area contributed by atoms with Crippen LogP contribution in [0.2, 0.25) is 0 Å². The Labute approximate surface area is 167 Å². The van der Waals surface area contributed by atoms with Gasteiger partial charge in [0.25, 0.3) is 0 Å². The van der Waals surface area contributed by atoms with Gasteiger partial charge in [0.05, 0.1) is 7.11 Å². The zero-order valence-electron chi connectivity index (χ0n) is 15.1. The number of hydrogen-bond acceptors (Lipinski definition) is 4. The predicted octanol–water partition coefficient (Wildman–Crippen LogP) is 2.73. The first-order valence-electron chi connectivity index (χ1n) is 8.47. The molecule has 0 fully saturated rings. The second-order valence-electron chi connectivity index (χ2n) is 5.87. The smallest absolute Gasteiger partial charge is 0.249 e. The Morgan fingerprint density at radius 3 is 2.59 bits per heavy atom. The van der Waals surface area contributed by atoms with Crippen LogP contribution in [0.25, 0.3) is 0 Å². The average Bonchev–Trinajstić information content (AvgIpc) is 2.68. The molecule has 6 heteroatoms. The van der Waals surface area contributed by atoms with Gasteiger partial charge in [-0.2, -0.15) is 0 Å². The summed E-state index contributed by atoms with van der Waals surface area (Å²) in [6, 6.07) is 13.0. The highest BCUT2D eigenvalue weighted by atomic mass is 79.9. The van der Waals surface area contributed by atoms with E-state index in [4.69, 9.17) is 15.9 Å². The standard InChI is InChI=1S/C21H22BrNO4/c1-3-12-27-19-9-6-16(14-20(19)26-2)10-11-23-21(25)18(24)13-15-4-7-17(22)8-5-15/h1,4-9,14,18,24H,10-13H2,2H3,(H,23,25)/t18-/m0/s1. The summed E-state index contributed by atoms with van der Waals surface area (Å²) in [4.78, 5) is 12.1. The van der Waals surface area contributed by atoms with Crippen molar-refractivity contribution in [3.63, 3.8) is 0 Å². The van der Waals surface area contributed by atoms with Gasteiger partial charge < -0.3 is 19.9 Å². The van der Waals surface area contributed by atoms with Gasteiger partial charge in [-0.05, 0) is 41.8 Å². The first-order chi connectivity index (χ1) is 13.0. The summed E-state index contributed by atoms with van der Waals surface area (Å²) < 4.78 is 11.7. The molecule has 2 rings (SSSR count). The number of aliphatic hydroxyl groups excluding tert-OH is 1. The van der Waals surface area contributed by atoms with Crippen molar-refractivity contribution >= 4 is 21.8 Å². The molecule has 0 unspecified atom stereocenters. The normalized spacial score (nSPS) is 11.3. The van der Waals surface area contributed by atoms with E-state index < -0.39 is 6.10 Å². The van der Waals surface area contributed by atoms with E-state index in [1.165, 1.54) is 0 Å². The lowest BCUT2D eigenvalue weighted by atomic mass is 10.1. The van der Waals surface area contributed by atoms with Gasteiger partial charge >= 0.3 is 0 Å². The van der Waals surface area contributed by atoms with Crippen LogP contribution in [0, 0.1) is 12.3 Å². The third-order valence-electron chi connectivity index (χ3n) is 3.90. The van der Waals surface area contributed by atoms with Crippen LogP contribution >= 0.6 is 15.9 Å². The lowest BCUT2D eigenvalue weighted by Gasteiger charge is -2.13. The van der Waals surface area contributed by atoms with Crippen molar-refractivity contribution in [2.24, 2.45) is 0 Å². The third kappa shape index (κ3) is 6.63. The van der Waals surface area contributed by atoms with E-state index in [2.05, 4.69) is 27.2 Å². The molecule has 0 aromatic heterocycles. The molecule has 27 heavy (non-hydrogen) atoms. The molecule has 142 valence electrons. The van der Waals surface area contributed by atoms with Gasteiger partial charge in [0.1, 0.15) is 12.7 Å². The molecule has 2 aromatic carbocycles. The third-order valence-corrected chi connectivity index (χ3v) is 4.43. The van der Waals surface area contributed by atoms with Crippen LogP contribution in [0.3, 0.4) is 0 Å². The Bertz CT molecular complexity index is 799. The highest BCUT2D eigenvalue weighted by Crippen LogP contribution is 2.28. The Kier molecular flexibility index (Phi) is 8.18. The van der Waals surface area contributed by atoms with E-state index in [1.54, 1.807) is 13.2 Å². The fraction of sp³-hybridized carbons (Fsp3) is 0.286. The van der Waals surface area contributed by atoms with E-state index in [-0.39, 0.29) is 18.9 Å². The van der Waals surface area contributed by atoms with E-state index in [0.29, 0.717) is 24.5 Å². The Balaban J connectivity index is 1.83. The fourth-order valence-electron chi connectivity index (χ4n) is 2.49. The number of terminal acetylenes is 1. The van der Waals surface area contributed by atoms with Crippen molar-refractivity contribution in [3.8, 4) is 23.8 Å². The van der Waals surface area contributed by atoms with Crippen LogP contribution in [-0.2, 0) is 17.6 Å². The summed E-state index contributed by atoms with van der Waals surface area (Å²) in [5.41, 5.74) is 1.87. The number of ether oxygens (including phenoxy) is 2. The van der Waals surface area contributed by atoms with E-state index in [9.17, 15) is 9.90 Å². The lowest BCUT2D eigenvalue weighted by Crippen LogP contribution is -2.37. The Hall–Kier alpha value is -2.49. The molecule has 0 spiro atoms. The number of amides is 1. The van der Waals surface area contributed by atoms with Gasteiger partial charge in [-0.1, -0.05) is 40.0 Å². The Morgan fingerprint density at radius 1 is 1.22 bits per heavy atom. The minimum atomic E-state index is -1.08. The van der Waals surface area contributed by atoms with Gasteiger partial charge in [-0.3, -0.25) is 4.79 Å². The summed E-state index contributed by atoms with van der Waals surface area (Å²) in [6.07, 6.45) is 4.98. The lowest BCUT2D eigenvalue weighted by molar-refractivity contribution is -0.129. The number of halogens is 1. The zero-order chi connectivity index (χ0) is 19.6. The molecule has 1 atom stereocenters. The van der Waals surface area contributed by atoms with E-state index in [1.807, 2.05) is 36.4 Å². The van der Waals surface area contributed by atoms with Crippen LogP contribution in [0.1, 0.15) is 11.1 Å². The van der Waals surface area contributed by atoms with Crippen molar-refractivity contribution in [2.45, 2.75) is 18.9 Å². The molecular formula is C21H22BrNO4. The van der Waals surface area contributed by atoms with Gasteiger partial charge in [-0.15, -0.1) is 6.42 Å². The number of carbonyl (C=O) groups excluding carboxylic acids is 1. The number of benzene rings is 2. The summed E-state index contributed by atoms with van der Waals surface area (Å²) in [6.45, 7) is 0.575. The van der Waals surface area contributed by atoms with Gasteiger partial charge in [-0.25, -0.2) is 0 Å². The van der Waals surface area contributed by atoms with Crippen molar-refractivity contribution in [1.29, 1.82) is 0 Å². The molecule has 0 bridgehead atoms. The average molecular weight is 432 g/mol. The molecule has 0 aliphatic heterocycles. The van der Waals surface area contributed by atoms with Crippen LogP contribution in [0.4, 0.5) is 0 Å². The highest BCUT2D eigenvalue weighted by molar-refractivity contribution is 9.10. The number of rotatable bonds is 9. The molecule has 0 aliphatic carbocycles. The summed E-state index contributed by atoms with van der Waals surface area (Å²) in [5.74, 6) is 3.18. The maximum Gasteiger partial charge on any atom is 0.249 e. The molecule has 0 saturated heterocycles. The van der Waals surface area contributed by atoms with Crippen molar-refractivity contribution in [2.75, 3.05) is 20.3 Å². The minimum Gasteiger partial charge on any atom is -0.493 e. The molecule has 2 aromatic rings. The summed E-state index contributed by atoms with van der Waals surface area (Å²) >= 11 is 3.36. The number of methoxy groups -OCH3 is 1. The quantitative estimate of drug-likeness (QED) is 0.599.